The van der Waals surface area contributed by atoms with Crippen molar-refractivity contribution in [2.45, 2.75) is 59.4 Å². The third-order valence-corrected chi connectivity index (χ3v) is 9.97. The van der Waals surface area contributed by atoms with Crippen LogP contribution in [0.2, 0.25) is 20.1 Å². The molecule has 0 saturated carbocycles. The molecule has 1 aliphatic carbocycles. The summed E-state index contributed by atoms with van der Waals surface area (Å²) in [6.07, 6.45) is 2.41. The van der Waals surface area contributed by atoms with Crippen LogP contribution in [-0.2, 0) is 31.9 Å². The lowest BCUT2D eigenvalue weighted by molar-refractivity contribution is -0.151. The van der Waals surface area contributed by atoms with E-state index in [2.05, 4.69) is 12.2 Å². The number of ether oxygens (including phenoxy) is 2. The van der Waals surface area contributed by atoms with E-state index < -0.39 is 42.3 Å². The van der Waals surface area contributed by atoms with Gasteiger partial charge in [0.15, 0.2) is 6.61 Å². The summed E-state index contributed by atoms with van der Waals surface area (Å²) in [5, 5.41) is 2.08. The summed E-state index contributed by atoms with van der Waals surface area (Å²) in [6.45, 7) is 6.84. The van der Waals surface area contributed by atoms with Gasteiger partial charge in [-0.3, -0.25) is 19.3 Å². The molecule has 1 aromatic heterocycles. The van der Waals surface area contributed by atoms with Crippen LogP contribution in [0.5, 0.6) is 0 Å². The van der Waals surface area contributed by atoms with Crippen LogP contribution in [0.1, 0.15) is 82.1 Å². The van der Waals surface area contributed by atoms with Crippen molar-refractivity contribution in [1.82, 2.24) is 4.90 Å². The number of anilines is 1. The molecule has 1 aliphatic heterocycles. The quantitative estimate of drug-likeness (QED) is 0.133. The second-order valence-corrected chi connectivity index (χ2v) is 13.2. The van der Waals surface area contributed by atoms with E-state index in [1.165, 1.54) is 11.3 Å². The maximum atomic E-state index is 13.4. The maximum absolute atomic E-state index is 13.4. The monoisotopic (exact) mass is 676 g/mol. The summed E-state index contributed by atoms with van der Waals surface area (Å²) in [5.41, 5.74) is 0.660. The Balaban J connectivity index is 1.54. The highest BCUT2D eigenvalue weighted by Gasteiger charge is 2.47. The average Bonchev–Trinajstić information content (AvgIpc) is 3.40. The Bertz CT molecular complexity index is 1440. The molecule has 0 radical (unpaired) electrons. The molecule has 0 unspecified atom stereocenters. The summed E-state index contributed by atoms with van der Waals surface area (Å²) in [6, 6.07) is -1.39. The van der Waals surface area contributed by atoms with Crippen molar-refractivity contribution in [1.29, 1.82) is 0 Å². The highest BCUT2D eigenvalue weighted by atomic mass is 35.5. The third-order valence-electron chi connectivity index (χ3n) is 7.00. The normalized spacial score (nSPS) is 16.8. The van der Waals surface area contributed by atoms with Crippen LogP contribution in [0.25, 0.3) is 0 Å². The lowest BCUT2D eigenvalue weighted by atomic mass is 9.88. The molecular formula is C28H28Cl4N2O7S. The van der Waals surface area contributed by atoms with Gasteiger partial charge in [0.2, 0.25) is 0 Å². The third kappa shape index (κ3) is 6.15. The van der Waals surface area contributed by atoms with Crippen LogP contribution in [-0.4, -0.2) is 53.8 Å². The SMILES string of the molecule is CCOC(=O)c1c(NC(=O)COC(=O)[C@@H](CC(C)C)N2C(=O)c3c(Cl)c(Cl)c(Cl)c(Cl)c3C2=O)sc2c1CC[C@H](C)C2. The van der Waals surface area contributed by atoms with Gasteiger partial charge in [0.1, 0.15) is 11.0 Å². The largest absolute Gasteiger partial charge is 0.462 e. The number of hydrogen-bond donors (Lipinski definition) is 1. The van der Waals surface area contributed by atoms with Crippen molar-refractivity contribution in [2.24, 2.45) is 11.8 Å². The zero-order chi connectivity index (χ0) is 31.0. The number of benzene rings is 1. The lowest BCUT2D eigenvalue weighted by Crippen LogP contribution is -2.47. The number of amides is 3. The number of hydrogen-bond acceptors (Lipinski definition) is 8. The zero-order valence-corrected chi connectivity index (χ0v) is 27.0. The first-order valence-electron chi connectivity index (χ1n) is 13.3. The molecule has 2 heterocycles. The van der Waals surface area contributed by atoms with E-state index in [1.807, 2.05) is 0 Å². The van der Waals surface area contributed by atoms with E-state index in [-0.39, 0.29) is 50.2 Å². The number of halogens is 4. The van der Waals surface area contributed by atoms with Gasteiger partial charge in [-0.25, -0.2) is 9.59 Å². The van der Waals surface area contributed by atoms with E-state index >= 15 is 0 Å². The number of imide groups is 1. The standard InChI is InChI=1S/C28H28Cl4N2O7S/c1-5-40-28(39)17-13-7-6-12(4)9-15(13)42-24(17)33-16(35)10-41-27(38)14(8-11(2)3)34-25(36)18-19(26(34)37)21(30)23(32)22(31)20(18)29/h11-12,14H,5-10H2,1-4H3,(H,33,35)/t12-,14+/m0/s1. The molecular weight excluding hydrogens is 650 g/mol. The summed E-state index contributed by atoms with van der Waals surface area (Å²) < 4.78 is 10.5. The summed E-state index contributed by atoms with van der Waals surface area (Å²) in [4.78, 5) is 67.4. The number of carbonyl (C=O) groups excluding carboxylic acids is 5. The minimum absolute atomic E-state index is 0.0332. The molecule has 2 aromatic rings. The molecule has 4 rings (SSSR count). The topological polar surface area (TPSA) is 119 Å². The van der Waals surface area contributed by atoms with Crippen molar-refractivity contribution < 1.29 is 33.4 Å². The molecule has 14 heteroatoms. The highest BCUT2D eigenvalue weighted by molar-refractivity contribution is 7.17. The van der Waals surface area contributed by atoms with E-state index in [0.717, 1.165) is 23.3 Å². The molecule has 0 bridgehead atoms. The molecule has 2 aliphatic rings. The van der Waals surface area contributed by atoms with E-state index in [0.29, 0.717) is 27.8 Å². The fourth-order valence-electron chi connectivity index (χ4n) is 5.06. The molecule has 2 atom stereocenters. The number of nitrogens with one attached hydrogen (secondary N) is 1. The highest BCUT2D eigenvalue weighted by Crippen LogP contribution is 2.45. The van der Waals surface area contributed by atoms with E-state index in [4.69, 9.17) is 55.9 Å². The van der Waals surface area contributed by atoms with Crippen LogP contribution in [0, 0.1) is 11.8 Å². The Morgan fingerprint density at radius 1 is 1.00 bits per heavy atom. The molecule has 3 amide bonds. The Hall–Kier alpha value is -2.37. The first-order chi connectivity index (χ1) is 19.8. The van der Waals surface area contributed by atoms with Gasteiger partial charge in [-0.1, -0.05) is 67.2 Å². The minimum atomic E-state index is -1.39. The van der Waals surface area contributed by atoms with Gasteiger partial charge < -0.3 is 14.8 Å². The molecule has 1 N–H and O–H groups in total. The van der Waals surface area contributed by atoms with Gasteiger partial charge >= 0.3 is 11.9 Å². The molecule has 0 saturated heterocycles. The van der Waals surface area contributed by atoms with Gasteiger partial charge in [0, 0.05) is 4.88 Å². The van der Waals surface area contributed by atoms with Gasteiger partial charge in [-0.2, -0.15) is 0 Å². The zero-order valence-electron chi connectivity index (χ0n) is 23.2. The van der Waals surface area contributed by atoms with Crippen LogP contribution >= 0.6 is 57.7 Å². The summed E-state index contributed by atoms with van der Waals surface area (Å²) >= 11 is 26.0. The van der Waals surface area contributed by atoms with Crippen molar-refractivity contribution in [3.63, 3.8) is 0 Å². The van der Waals surface area contributed by atoms with Gasteiger partial charge in [-0.15, -0.1) is 11.3 Å². The van der Waals surface area contributed by atoms with Crippen LogP contribution in [0.3, 0.4) is 0 Å². The number of rotatable bonds is 9. The Morgan fingerprint density at radius 3 is 2.14 bits per heavy atom. The first kappa shape index (κ1) is 32.5. The second-order valence-electron chi connectivity index (χ2n) is 10.6. The molecule has 9 nitrogen and oxygen atoms in total. The van der Waals surface area contributed by atoms with Crippen molar-refractivity contribution in [3.8, 4) is 0 Å². The smallest absolute Gasteiger partial charge is 0.341 e. The predicted molar refractivity (Wildman–Crippen MR) is 161 cm³/mol. The molecule has 0 fully saturated rings. The van der Waals surface area contributed by atoms with Crippen LogP contribution < -0.4 is 5.32 Å². The fourth-order valence-corrected chi connectivity index (χ4v) is 7.49. The van der Waals surface area contributed by atoms with Crippen molar-refractivity contribution in [3.05, 3.63) is 47.2 Å². The first-order valence-corrected chi connectivity index (χ1v) is 15.6. The second kappa shape index (κ2) is 13.1. The fraction of sp³-hybridized carbons (Fsp3) is 0.464. The Morgan fingerprint density at radius 2 is 1.60 bits per heavy atom. The summed E-state index contributed by atoms with van der Waals surface area (Å²) in [5.74, 6) is -3.70. The van der Waals surface area contributed by atoms with Gasteiger partial charge in [0.25, 0.3) is 17.7 Å². The minimum Gasteiger partial charge on any atom is -0.462 e. The van der Waals surface area contributed by atoms with Crippen LogP contribution in [0.15, 0.2) is 0 Å². The van der Waals surface area contributed by atoms with Crippen LogP contribution in [0.4, 0.5) is 5.00 Å². The molecule has 0 spiro atoms. The number of carbonyl (C=O) groups is 5. The van der Waals surface area contributed by atoms with Gasteiger partial charge in [-0.05, 0) is 50.0 Å². The van der Waals surface area contributed by atoms with E-state index in [1.54, 1.807) is 20.8 Å². The Kier molecular flexibility index (Phi) is 10.1. The number of thiophene rings is 1. The number of fused-ring (bicyclic) bond motifs is 2. The average molecular weight is 678 g/mol. The summed E-state index contributed by atoms with van der Waals surface area (Å²) in [7, 11) is 0. The Labute approximate surface area is 266 Å². The number of nitrogens with zero attached hydrogens (tertiary/aromatic N) is 1. The molecule has 226 valence electrons. The molecule has 1 aromatic carbocycles. The maximum Gasteiger partial charge on any atom is 0.341 e. The predicted octanol–water partition coefficient (Wildman–Crippen LogP) is 6.86. The van der Waals surface area contributed by atoms with Crippen molar-refractivity contribution >= 4 is 92.4 Å². The lowest BCUT2D eigenvalue weighted by Gasteiger charge is -2.25. The number of esters is 2. The van der Waals surface area contributed by atoms with Crippen molar-refractivity contribution in [2.75, 3.05) is 18.5 Å². The van der Waals surface area contributed by atoms with E-state index in [9.17, 15) is 24.0 Å². The molecule has 42 heavy (non-hydrogen) atoms. The van der Waals surface area contributed by atoms with Gasteiger partial charge in [0.05, 0.1) is 43.4 Å².